The van der Waals surface area contributed by atoms with E-state index in [1.54, 1.807) is 7.11 Å². The number of nitrogens with zero attached hydrogens (tertiary/aromatic N) is 2. The Labute approximate surface area is 167 Å². The zero-order valence-electron chi connectivity index (χ0n) is 16.7. The van der Waals surface area contributed by atoms with Gasteiger partial charge in [0.05, 0.1) is 13.0 Å². The van der Waals surface area contributed by atoms with Gasteiger partial charge >= 0.3 is 6.03 Å². The van der Waals surface area contributed by atoms with Gasteiger partial charge in [0, 0.05) is 32.2 Å². The molecular weight excluding hydrogens is 354 g/mol. The maximum absolute atomic E-state index is 12.9. The Morgan fingerprint density at radius 1 is 1.14 bits per heavy atom. The Balaban J connectivity index is 1.33. The van der Waals surface area contributed by atoms with Crippen molar-refractivity contribution in [3.63, 3.8) is 0 Å². The summed E-state index contributed by atoms with van der Waals surface area (Å²) in [7, 11) is 1.67. The highest BCUT2D eigenvalue weighted by Crippen LogP contribution is 2.34. The first kappa shape index (κ1) is 19.1. The maximum atomic E-state index is 12.9. The minimum atomic E-state index is -0.0263. The highest BCUT2D eigenvalue weighted by atomic mass is 16.5. The molecule has 2 unspecified atom stereocenters. The predicted octanol–water partition coefficient (Wildman–Crippen LogP) is 2.67. The van der Waals surface area contributed by atoms with E-state index < -0.39 is 0 Å². The molecular formula is C22H31N3O3. The SMILES string of the molecule is COc1cccc(CC(NC(=O)N2CCC(C(=O)N3CCCC3)C2)C2CC2)c1. The molecule has 3 fully saturated rings. The number of ether oxygens (including phenoxy) is 1. The van der Waals surface area contributed by atoms with Crippen molar-refractivity contribution in [1.82, 2.24) is 15.1 Å². The first-order valence-electron chi connectivity index (χ1n) is 10.6. The van der Waals surface area contributed by atoms with Crippen LogP contribution in [0.1, 0.15) is 37.7 Å². The van der Waals surface area contributed by atoms with E-state index in [0.717, 1.165) is 44.5 Å². The van der Waals surface area contributed by atoms with Crippen LogP contribution in [0.3, 0.4) is 0 Å². The largest absolute Gasteiger partial charge is 0.497 e. The van der Waals surface area contributed by atoms with Gasteiger partial charge in [0.1, 0.15) is 5.75 Å². The first-order valence-corrected chi connectivity index (χ1v) is 10.6. The molecule has 1 aromatic carbocycles. The van der Waals surface area contributed by atoms with Gasteiger partial charge in [0.2, 0.25) is 5.91 Å². The van der Waals surface area contributed by atoms with Crippen molar-refractivity contribution in [1.29, 1.82) is 0 Å². The van der Waals surface area contributed by atoms with Crippen LogP contribution in [0.25, 0.3) is 0 Å². The summed E-state index contributed by atoms with van der Waals surface area (Å²) in [5.41, 5.74) is 1.18. The van der Waals surface area contributed by atoms with E-state index in [0.29, 0.717) is 19.0 Å². The summed E-state index contributed by atoms with van der Waals surface area (Å²) in [4.78, 5) is 29.3. The van der Waals surface area contributed by atoms with Crippen LogP contribution in [0.2, 0.25) is 0 Å². The molecule has 4 rings (SSSR count). The number of hydrogen-bond acceptors (Lipinski definition) is 3. The van der Waals surface area contributed by atoms with E-state index in [1.165, 1.54) is 18.4 Å². The number of methoxy groups -OCH3 is 1. The summed E-state index contributed by atoms with van der Waals surface area (Å²) in [6.07, 6.45) is 6.16. The molecule has 3 aliphatic rings. The fourth-order valence-corrected chi connectivity index (χ4v) is 4.48. The number of nitrogens with one attached hydrogen (secondary N) is 1. The van der Waals surface area contributed by atoms with Crippen molar-refractivity contribution in [2.24, 2.45) is 11.8 Å². The van der Waals surface area contributed by atoms with Gasteiger partial charge in [-0.25, -0.2) is 4.79 Å². The number of hydrogen-bond donors (Lipinski definition) is 1. The molecule has 152 valence electrons. The third-order valence-electron chi connectivity index (χ3n) is 6.33. The van der Waals surface area contributed by atoms with Gasteiger partial charge < -0.3 is 19.9 Å². The average molecular weight is 386 g/mol. The summed E-state index contributed by atoms with van der Waals surface area (Å²) >= 11 is 0. The van der Waals surface area contributed by atoms with Crippen LogP contribution in [-0.2, 0) is 11.2 Å². The fourth-order valence-electron chi connectivity index (χ4n) is 4.48. The molecule has 0 radical (unpaired) electrons. The molecule has 6 nitrogen and oxygen atoms in total. The molecule has 1 saturated carbocycles. The van der Waals surface area contributed by atoms with Crippen molar-refractivity contribution >= 4 is 11.9 Å². The lowest BCUT2D eigenvalue weighted by Crippen LogP contribution is -2.46. The standard InChI is InChI=1S/C22H31N3O3/c1-28-19-6-4-5-16(13-19)14-20(17-7-8-17)23-22(27)25-12-9-18(15-25)21(26)24-10-2-3-11-24/h4-6,13,17-18,20H,2-3,7-12,14-15H2,1H3,(H,23,27). The Morgan fingerprint density at radius 3 is 2.64 bits per heavy atom. The quantitative estimate of drug-likeness (QED) is 0.819. The number of likely N-dealkylation sites (tertiary alicyclic amines) is 2. The molecule has 2 atom stereocenters. The second-order valence-electron chi connectivity index (χ2n) is 8.41. The summed E-state index contributed by atoms with van der Waals surface area (Å²) in [5.74, 6) is 1.62. The van der Waals surface area contributed by atoms with E-state index >= 15 is 0 Å². The molecule has 3 amide bonds. The van der Waals surface area contributed by atoms with Crippen LogP contribution in [0.15, 0.2) is 24.3 Å². The van der Waals surface area contributed by atoms with Gasteiger partial charge in [-0.3, -0.25) is 4.79 Å². The number of carbonyl (C=O) groups excluding carboxylic acids is 2. The van der Waals surface area contributed by atoms with Gasteiger partial charge in [-0.15, -0.1) is 0 Å². The minimum absolute atomic E-state index is 0.0171. The van der Waals surface area contributed by atoms with Crippen molar-refractivity contribution in [2.45, 2.75) is 44.6 Å². The van der Waals surface area contributed by atoms with Gasteiger partial charge in [0.15, 0.2) is 0 Å². The lowest BCUT2D eigenvalue weighted by Gasteiger charge is -2.24. The van der Waals surface area contributed by atoms with Crippen LogP contribution >= 0.6 is 0 Å². The molecule has 1 aromatic rings. The molecule has 2 saturated heterocycles. The molecule has 0 spiro atoms. The van der Waals surface area contributed by atoms with Gasteiger partial charge in [-0.1, -0.05) is 12.1 Å². The maximum Gasteiger partial charge on any atom is 0.317 e. The lowest BCUT2D eigenvalue weighted by atomic mass is 10.0. The highest BCUT2D eigenvalue weighted by molar-refractivity contribution is 5.82. The Bertz CT molecular complexity index is 713. The van der Waals surface area contributed by atoms with Crippen LogP contribution < -0.4 is 10.1 Å². The van der Waals surface area contributed by atoms with E-state index in [-0.39, 0.29) is 23.9 Å². The summed E-state index contributed by atoms with van der Waals surface area (Å²) in [5, 5.41) is 3.26. The fraction of sp³-hybridized carbons (Fsp3) is 0.636. The van der Waals surface area contributed by atoms with Gasteiger partial charge in [0.25, 0.3) is 0 Å². The van der Waals surface area contributed by atoms with Crippen LogP contribution in [0.4, 0.5) is 4.79 Å². The molecule has 1 N–H and O–H groups in total. The zero-order chi connectivity index (χ0) is 19.5. The Hall–Kier alpha value is -2.24. The smallest absolute Gasteiger partial charge is 0.317 e. The van der Waals surface area contributed by atoms with Crippen molar-refractivity contribution in [3.8, 4) is 5.75 Å². The van der Waals surface area contributed by atoms with Crippen molar-refractivity contribution in [3.05, 3.63) is 29.8 Å². The normalized spacial score (nSPS) is 23.0. The number of carbonyl (C=O) groups is 2. The monoisotopic (exact) mass is 385 g/mol. The zero-order valence-corrected chi connectivity index (χ0v) is 16.7. The molecule has 0 aromatic heterocycles. The molecule has 0 bridgehead atoms. The third-order valence-corrected chi connectivity index (χ3v) is 6.33. The van der Waals surface area contributed by atoms with Crippen LogP contribution in [-0.4, -0.2) is 61.1 Å². The van der Waals surface area contributed by atoms with Crippen LogP contribution in [0, 0.1) is 11.8 Å². The molecule has 2 aliphatic heterocycles. The number of amides is 3. The number of benzene rings is 1. The van der Waals surface area contributed by atoms with Crippen LogP contribution in [0.5, 0.6) is 5.75 Å². The summed E-state index contributed by atoms with van der Waals surface area (Å²) in [6, 6.07) is 8.20. The van der Waals surface area contributed by atoms with Crippen molar-refractivity contribution in [2.75, 3.05) is 33.3 Å². The van der Waals surface area contributed by atoms with E-state index in [9.17, 15) is 9.59 Å². The molecule has 28 heavy (non-hydrogen) atoms. The minimum Gasteiger partial charge on any atom is -0.497 e. The summed E-state index contributed by atoms with van der Waals surface area (Å²) in [6.45, 7) is 2.99. The number of urea groups is 1. The Kier molecular flexibility index (Phi) is 5.74. The average Bonchev–Trinajstić information content (AvgIpc) is 3.20. The topological polar surface area (TPSA) is 61.9 Å². The second-order valence-corrected chi connectivity index (χ2v) is 8.41. The predicted molar refractivity (Wildman–Crippen MR) is 107 cm³/mol. The van der Waals surface area contributed by atoms with E-state index in [1.807, 2.05) is 28.0 Å². The highest BCUT2D eigenvalue weighted by Gasteiger charge is 2.37. The number of rotatable bonds is 6. The molecule has 2 heterocycles. The first-order chi connectivity index (χ1) is 13.6. The van der Waals surface area contributed by atoms with E-state index in [4.69, 9.17) is 4.74 Å². The molecule has 6 heteroatoms. The van der Waals surface area contributed by atoms with Gasteiger partial charge in [-0.2, -0.15) is 0 Å². The summed E-state index contributed by atoms with van der Waals surface area (Å²) < 4.78 is 5.32. The van der Waals surface area contributed by atoms with E-state index in [2.05, 4.69) is 11.4 Å². The van der Waals surface area contributed by atoms with Gasteiger partial charge in [-0.05, 0) is 62.1 Å². The molecule has 1 aliphatic carbocycles. The Morgan fingerprint density at radius 2 is 1.93 bits per heavy atom. The van der Waals surface area contributed by atoms with Crippen molar-refractivity contribution < 1.29 is 14.3 Å². The lowest BCUT2D eigenvalue weighted by molar-refractivity contribution is -0.133. The second kappa shape index (κ2) is 8.41. The third kappa shape index (κ3) is 4.42.